The van der Waals surface area contributed by atoms with Crippen LogP contribution in [0.3, 0.4) is 0 Å². The Hall–Kier alpha value is -4.66. The Morgan fingerprint density at radius 2 is 1.58 bits per heavy atom. The van der Waals surface area contributed by atoms with Gasteiger partial charge in [-0.2, -0.15) is 5.10 Å². The van der Waals surface area contributed by atoms with E-state index < -0.39 is 18.1 Å². The highest BCUT2D eigenvalue weighted by Crippen LogP contribution is 2.24. The number of piperazine rings is 1. The highest BCUT2D eigenvalue weighted by molar-refractivity contribution is 5.95. The molecule has 2 saturated carbocycles. The molecular weight excluding hydrogens is 622 g/mol. The molecule has 258 valence electrons. The van der Waals surface area contributed by atoms with Crippen LogP contribution in [0.4, 0.5) is 4.79 Å². The van der Waals surface area contributed by atoms with Gasteiger partial charge >= 0.3 is 6.16 Å². The number of carbonyl (C=O) groups excluding carboxylic acids is 5. The van der Waals surface area contributed by atoms with Crippen LogP contribution in [-0.4, -0.2) is 118 Å². The van der Waals surface area contributed by atoms with Crippen LogP contribution in [0, 0.1) is 0 Å². The Kier molecular flexibility index (Phi) is 10.7. The van der Waals surface area contributed by atoms with Crippen LogP contribution < -0.4 is 15.4 Å². The second-order valence-electron chi connectivity index (χ2n) is 12.6. The summed E-state index contributed by atoms with van der Waals surface area (Å²) in [6.45, 7) is 1.17. The number of hydroxylamine groups is 2. The number of para-hydroxylation sites is 1. The fourth-order valence-corrected chi connectivity index (χ4v) is 6.39. The molecule has 4 amide bonds. The maximum absolute atomic E-state index is 13.2. The normalized spacial score (nSPS) is 20.2. The molecule has 1 aromatic heterocycles. The van der Waals surface area contributed by atoms with Crippen molar-refractivity contribution in [2.45, 2.75) is 76.0 Å². The molecule has 2 N–H and O–H groups in total. The van der Waals surface area contributed by atoms with Crippen LogP contribution in [0.25, 0.3) is 5.69 Å². The van der Waals surface area contributed by atoms with Gasteiger partial charge < -0.3 is 34.7 Å². The number of benzene rings is 1. The molecule has 1 atom stereocenters. The van der Waals surface area contributed by atoms with Crippen molar-refractivity contribution < 1.29 is 38.3 Å². The minimum Gasteiger partial charge on any atom is -0.467 e. The fourth-order valence-electron chi connectivity index (χ4n) is 6.39. The molecule has 3 heterocycles. The summed E-state index contributed by atoms with van der Waals surface area (Å²) in [6.07, 6.45) is 7.36. The topological polar surface area (TPSA) is 165 Å². The molecule has 4 aliphatic rings. The lowest BCUT2D eigenvalue weighted by Gasteiger charge is -2.33. The molecule has 15 nitrogen and oxygen atoms in total. The van der Waals surface area contributed by atoms with Crippen LogP contribution in [-0.2, 0) is 24.0 Å². The summed E-state index contributed by atoms with van der Waals surface area (Å²) in [4.78, 5) is 72.5. The summed E-state index contributed by atoms with van der Waals surface area (Å²) in [5, 5.41) is 11.6. The predicted molar refractivity (Wildman–Crippen MR) is 170 cm³/mol. The van der Waals surface area contributed by atoms with E-state index in [4.69, 9.17) is 14.3 Å². The van der Waals surface area contributed by atoms with Crippen LogP contribution >= 0.6 is 0 Å². The average Bonchev–Trinajstić information content (AvgIpc) is 3.86. The van der Waals surface area contributed by atoms with Crippen molar-refractivity contribution in [1.29, 1.82) is 0 Å². The molecule has 0 bridgehead atoms. The van der Waals surface area contributed by atoms with Crippen molar-refractivity contribution in [3.63, 3.8) is 0 Å². The lowest BCUT2D eigenvalue weighted by Crippen LogP contribution is -2.51. The van der Waals surface area contributed by atoms with E-state index in [1.165, 1.54) is 15.8 Å². The number of nitrogens with one attached hydrogen (secondary N) is 2. The number of nitrogens with zero attached hydrogens (tertiary/aromatic N) is 5. The van der Waals surface area contributed by atoms with Crippen LogP contribution in [0.5, 0.6) is 5.88 Å². The molecule has 0 unspecified atom stereocenters. The molecule has 2 aliphatic carbocycles. The van der Waals surface area contributed by atoms with Crippen molar-refractivity contribution in [2.24, 2.45) is 0 Å². The molecule has 15 heteroatoms. The summed E-state index contributed by atoms with van der Waals surface area (Å²) >= 11 is 0. The highest BCUT2D eigenvalue weighted by atomic mass is 16.8. The van der Waals surface area contributed by atoms with Crippen molar-refractivity contribution in [2.75, 3.05) is 45.9 Å². The smallest absolute Gasteiger partial charge is 0.467 e. The van der Waals surface area contributed by atoms with E-state index >= 15 is 0 Å². The van der Waals surface area contributed by atoms with Crippen LogP contribution in [0.15, 0.2) is 36.4 Å². The summed E-state index contributed by atoms with van der Waals surface area (Å²) < 4.78 is 12.7. The lowest BCUT2D eigenvalue weighted by atomic mass is 9.93. The quantitative estimate of drug-likeness (QED) is 0.338. The van der Waals surface area contributed by atoms with Gasteiger partial charge in [-0.15, -0.1) is 5.06 Å². The van der Waals surface area contributed by atoms with E-state index in [-0.39, 0.29) is 54.6 Å². The van der Waals surface area contributed by atoms with Gasteiger partial charge in [0.15, 0.2) is 12.3 Å². The number of amides is 4. The molecule has 2 saturated heterocycles. The van der Waals surface area contributed by atoms with Gasteiger partial charge in [0.05, 0.1) is 25.3 Å². The Morgan fingerprint density at radius 1 is 0.833 bits per heavy atom. The van der Waals surface area contributed by atoms with E-state index in [9.17, 15) is 24.0 Å². The monoisotopic (exact) mass is 665 g/mol. The van der Waals surface area contributed by atoms with Gasteiger partial charge in [-0.3, -0.25) is 19.2 Å². The maximum Gasteiger partial charge on any atom is 0.528 e. The molecule has 48 heavy (non-hydrogen) atoms. The number of hydrogen-bond donors (Lipinski definition) is 2. The van der Waals surface area contributed by atoms with Crippen molar-refractivity contribution in [3.05, 3.63) is 42.1 Å². The third-order valence-corrected chi connectivity index (χ3v) is 9.34. The number of ether oxygens (including phenoxy) is 2. The summed E-state index contributed by atoms with van der Waals surface area (Å²) in [5.74, 6) is -1.15. The lowest BCUT2D eigenvalue weighted by molar-refractivity contribution is -0.159. The zero-order chi connectivity index (χ0) is 33.5. The molecule has 2 aliphatic heterocycles. The molecule has 2 aromatic rings. The summed E-state index contributed by atoms with van der Waals surface area (Å²) in [5.41, 5.74) is 0.619. The van der Waals surface area contributed by atoms with E-state index in [0.29, 0.717) is 44.8 Å². The largest absolute Gasteiger partial charge is 0.528 e. The van der Waals surface area contributed by atoms with Crippen LogP contribution in [0.1, 0.15) is 68.3 Å². The minimum atomic E-state index is -0.719. The first-order valence-corrected chi connectivity index (χ1v) is 16.9. The van der Waals surface area contributed by atoms with Gasteiger partial charge in [-0.05, 0) is 69.9 Å². The van der Waals surface area contributed by atoms with Crippen molar-refractivity contribution in [1.82, 2.24) is 35.3 Å². The van der Waals surface area contributed by atoms with E-state index in [0.717, 1.165) is 51.4 Å². The molecule has 6 rings (SSSR count). The Labute approximate surface area is 278 Å². The Morgan fingerprint density at radius 3 is 2.29 bits per heavy atom. The van der Waals surface area contributed by atoms with Gasteiger partial charge in [0, 0.05) is 31.7 Å². The van der Waals surface area contributed by atoms with Gasteiger partial charge in [-0.1, -0.05) is 18.2 Å². The van der Waals surface area contributed by atoms with Crippen molar-refractivity contribution >= 4 is 29.8 Å². The fraction of sp³-hybridized carbons (Fsp3) is 0.576. The number of carbonyl (C=O) groups is 5. The second-order valence-corrected chi connectivity index (χ2v) is 12.6. The van der Waals surface area contributed by atoms with E-state index in [2.05, 4.69) is 15.7 Å². The standard InChI is InChI=1S/C33H43N7O8/c41-28(37-16-18-38(19-17-37)48-33(45)47-25-12-4-5-13-25)21-34-31(43)26-20-30(40(36-26)24-10-2-1-3-11-24)46-22-29(42)39-15-7-14-27(39)32(44)35-23-8-6-9-23/h1-3,10-11,20,23,25,27H,4-9,12-19,21-22H2,(H,34,43)(H,35,44)/t27-/m0/s1. The van der Waals surface area contributed by atoms with E-state index in [1.807, 2.05) is 18.2 Å². The predicted octanol–water partition coefficient (Wildman–Crippen LogP) is 1.80. The Balaban J connectivity index is 1.01. The zero-order valence-electron chi connectivity index (χ0n) is 27.0. The van der Waals surface area contributed by atoms with Gasteiger partial charge in [0.2, 0.25) is 17.7 Å². The molecule has 0 radical (unpaired) electrons. The SMILES string of the molecule is O=C(OC1CCCC1)ON1CCN(C(=O)CNC(=O)c2cc(OCC(=O)N3CCC[C@H]3C(=O)NC3CCC3)n(-c3ccccc3)n2)CC1. The van der Waals surface area contributed by atoms with Gasteiger partial charge in [0.1, 0.15) is 12.1 Å². The molecule has 1 aromatic carbocycles. The molecular formula is C33H43N7O8. The second kappa shape index (κ2) is 15.5. The van der Waals surface area contributed by atoms with Gasteiger partial charge in [-0.25, -0.2) is 9.48 Å². The first-order valence-electron chi connectivity index (χ1n) is 16.9. The maximum atomic E-state index is 13.2. The third-order valence-electron chi connectivity index (χ3n) is 9.34. The van der Waals surface area contributed by atoms with E-state index in [1.54, 1.807) is 21.9 Å². The molecule has 0 spiro atoms. The van der Waals surface area contributed by atoms with Crippen molar-refractivity contribution in [3.8, 4) is 11.6 Å². The first kappa shape index (κ1) is 33.2. The highest BCUT2D eigenvalue weighted by Gasteiger charge is 2.36. The zero-order valence-corrected chi connectivity index (χ0v) is 27.0. The minimum absolute atomic E-state index is 0.00650. The summed E-state index contributed by atoms with van der Waals surface area (Å²) in [7, 11) is 0. The number of rotatable bonds is 11. The van der Waals surface area contributed by atoms with Crippen LogP contribution in [0.2, 0.25) is 0 Å². The summed E-state index contributed by atoms with van der Waals surface area (Å²) in [6, 6.07) is 10.1. The number of likely N-dealkylation sites (tertiary alicyclic amines) is 1. The first-order chi connectivity index (χ1) is 23.3. The third kappa shape index (κ3) is 8.24. The Bertz CT molecular complexity index is 1470. The number of aromatic nitrogens is 2. The van der Waals surface area contributed by atoms with Gasteiger partial charge in [0.25, 0.3) is 11.8 Å². The molecule has 4 fully saturated rings. The number of hydrogen-bond acceptors (Lipinski definition) is 10. The average molecular weight is 666 g/mol.